The Bertz CT molecular complexity index is 1690. The minimum Gasteiger partial charge on any atom is -0.444 e. The van der Waals surface area contributed by atoms with E-state index in [1.54, 1.807) is 19.3 Å². The third-order valence-electron chi connectivity index (χ3n) is 8.57. The number of anilines is 1. The third-order valence-corrected chi connectivity index (χ3v) is 8.57. The van der Waals surface area contributed by atoms with Crippen molar-refractivity contribution >= 4 is 34.6 Å². The second-order valence-corrected chi connectivity index (χ2v) is 13.3. The predicted octanol–water partition coefficient (Wildman–Crippen LogP) is 5.65. The van der Waals surface area contributed by atoms with E-state index < -0.39 is 17.7 Å². The lowest BCUT2D eigenvalue weighted by molar-refractivity contribution is -0.133. The van der Waals surface area contributed by atoms with Crippen LogP contribution in [-0.4, -0.2) is 64.1 Å². The molecule has 10 nitrogen and oxygen atoms in total. The number of rotatable bonds is 10. The van der Waals surface area contributed by atoms with Crippen LogP contribution in [0.25, 0.3) is 22.0 Å². The molecule has 3 heterocycles. The van der Waals surface area contributed by atoms with E-state index in [2.05, 4.69) is 38.4 Å². The molecule has 0 spiro atoms. The van der Waals surface area contributed by atoms with E-state index in [1.807, 2.05) is 68.1 Å². The Morgan fingerprint density at radius 1 is 1.04 bits per heavy atom. The standard InChI is InChI=1S/C37H46N6O4/c1-37(2,3)47-36(46)41-30(20-25-11-13-26(14-12-25)28-15-16-33(38)40-23-28)22-35(45)42-18-7-9-29(24-42)32-21-27-8-5-6-10-31(27)43(32)19-17-34(44)39-4/h5-6,8,10-16,21,23,29-30H,7,9,17-20,22,24H2,1-4H3,(H2,38,40)(H,39,44)(H,41,46). The first-order valence-electron chi connectivity index (χ1n) is 16.4. The van der Waals surface area contributed by atoms with Crippen molar-refractivity contribution < 1.29 is 19.1 Å². The van der Waals surface area contributed by atoms with Gasteiger partial charge in [-0.05, 0) is 80.8 Å². The summed E-state index contributed by atoms with van der Waals surface area (Å²) in [5, 5.41) is 6.82. The smallest absolute Gasteiger partial charge is 0.407 e. The largest absolute Gasteiger partial charge is 0.444 e. The quantitative estimate of drug-likeness (QED) is 0.206. The summed E-state index contributed by atoms with van der Waals surface area (Å²) in [6.45, 7) is 7.27. The lowest BCUT2D eigenvalue weighted by Gasteiger charge is -2.34. The number of nitrogens with two attached hydrogens (primary N) is 1. The number of aromatic nitrogens is 2. The number of pyridine rings is 1. The van der Waals surface area contributed by atoms with Gasteiger partial charge in [0, 0.05) is 74.5 Å². The van der Waals surface area contributed by atoms with E-state index in [0.717, 1.165) is 46.1 Å². The van der Waals surface area contributed by atoms with Gasteiger partial charge >= 0.3 is 6.09 Å². The van der Waals surface area contributed by atoms with Crippen molar-refractivity contribution in [3.63, 3.8) is 0 Å². The Balaban J connectivity index is 1.31. The third kappa shape index (κ3) is 8.90. The van der Waals surface area contributed by atoms with Crippen LogP contribution in [0.5, 0.6) is 0 Å². The highest BCUT2D eigenvalue weighted by atomic mass is 16.6. The van der Waals surface area contributed by atoms with Crippen LogP contribution in [0.15, 0.2) is 72.9 Å². The molecule has 1 aliphatic rings. The molecular formula is C37H46N6O4. The molecule has 4 aromatic rings. The second-order valence-electron chi connectivity index (χ2n) is 13.3. The number of hydrogen-bond donors (Lipinski definition) is 3. The summed E-state index contributed by atoms with van der Waals surface area (Å²) in [6.07, 6.45) is 4.02. The van der Waals surface area contributed by atoms with Crippen molar-refractivity contribution in [1.82, 2.24) is 25.1 Å². The number of hydrogen-bond acceptors (Lipinski definition) is 6. The summed E-state index contributed by atoms with van der Waals surface area (Å²) >= 11 is 0. The lowest BCUT2D eigenvalue weighted by Crippen LogP contribution is -2.46. The summed E-state index contributed by atoms with van der Waals surface area (Å²) < 4.78 is 7.80. The Morgan fingerprint density at radius 2 is 1.79 bits per heavy atom. The fourth-order valence-corrected chi connectivity index (χ4v) is 6.29. The van der Waals surface area contributed by atoms with Gasteiger partial charge in [-0.1, -0.05) is 42.5 Å². The monoisotopic (exact) mass is 638 g/mol. The molecule has 1 aliphatic heterocycles. The zero-order valence-electron chi connectivity index (χ0n) is 27.8. The average molecular weight is 639 g/mol. The number of nitrogens with one attached hydrogen (secondary N) is 2. The van der Waals surface area contributed by atoms with Gasteiger partial charge in [0.15, 0.2) is 0 Å². The number of likely N-dealkylation sites (tertiary alicyclic amines) is 1. The van der Waals surface area contributed by atoms with Crippen LogP contribution in [0, 0.1) is 0 Å². The van der Waals surface area contributed by atoms with E-state index in [1.165, 1.54) is 0 Å². The molecule has 5 rings (SSSR count). The van der Waals surface area contributed by atoms with Gasteiger partial charge in [-0.25, -0.2) is 9.78 Å². The van der Waals surface area contributed by atoms with Crippen LogP contribution in [-0.2, 0) is 27.3 Å². The number of nitrogen functional groups attached to an aromatic ring is 1. The molecule has 3 amide bonds. The molecule has 2 aromatic heterocycles. The van der Waals surface area contributed by atoms with Gasteiger partial charge in [0.25, 0.3) is 0 Å². The zero-order valence-corrected chi connectivity index (χ0v) is 27.8. The number of carbonyl (C=O) groups excluding carboxylic acids is 3. The first kappa shape index (κ1) is 33.5. The van der Waals surface area contributed by atoms with E-state index >= 15 is 0 Å². The molecule has 4 N–H and O–H groups in total. The van der Waals surface area contributed by atoms with Crippen LogP contribution in [0.3, 0.4) is 0 Å². The SMILES string of the molecule is CNC(=O)CCn1c(C2CCCN(C(=O)CC(Cc3ccc(-c4ccc(N)nc4)cc3)NC(=O)OC(C)(C)C)C2)cc2ccccc21. The van der Waals surface area contributed by atoms with Gasteiger partial charge in [0.05, 0.1) is 0 Å². The maximum Gasteiger partial charge on any atom is 0.407 e. The van der Waals surface area contributed by atoms with Crippen LogP contribution >= 0.6 is 0 Å². The number of alkyl carbamates (subject to hydrolysis) is 1. The topological polar surface area (TPSA) is 132 Å². The number of nitrogens with zero attached hydrogens (tertiary/aromatic N) is 3. The van der Waals surface area contributed by atoms with E-state index in [9.17, 15) is 14.4 Å². The highest BCUT2D eigenvalue weighted by Crippen LogP contribution is 2.32. The van der Waals surface area contributed by atoms with Gasteiger partial charge in [-0.3, -0.25) is 9.59 Å². The van der Waals surface area contributed by atoms with Crippen LogP contribution in [0.2, 0.25) is 0 Å². The molecule has 2 atom stereocenters. The fourth-order valence-electron chi connectivity index (χ4n) is 6.29. The number of para-hydroxylation sites is 1. The maximum absolute atomic E-state index is 13.9. The molecule has 2 aromatic carbocycles. The molecule has 0 saturated carbocycles. The first-order valence-corrected chi connectivity index (χ1v) is 16.4. The lowest BCUT2D eigenvalue weighted by atomic mass is 9.93. The van der Waals surface area contributed by atoms with Crippen molar-refractivity contribution in [2.75, 3.05) is 25.9 Å². The van der Waals surface area contributed by atoms with Crippen molar-refractivity contribution in [2.45, 2.75) is 77.0 Å². The molecule has 10 heteroatoms. The molecule has 2 unspecified atom stereocenters. The van der Waals surface area contributed by atoms with Crippen LogP contribution in [0.4, 0.5) is 10.6 Å². The predicted molar refractivity (Wildman–Crippen MR) is 185 cm³/mol. The summed E-state index contributed by atoms with van der Waals surface area (Å²) in [5.74, 6) is 0.593. The molecule has 1 saturated heterocycles. The average Bonchev–Trinajstić information content (AvgIpc) is 3.42. The maximum atomic E-state index is 13.9. The molecular weight excluding hydrogens is 592 g/mol. The Hall–Kier alpha value is -4.86. The fraction of sp³-hybridized carbons (Fsp3) is 0.405. The van der Waals surface area contributed by atoms with Gasteiger partial charge < -0.3 is 30.6 Å². The van der Waals surface area contributed by atoms with Gasteiger partial charge in [-0.15, -0.1) is 0 Å². The van der Waals surface area contributed by atoms with Crippen molar-refractivity contribution in [3.8, 4) is 11.1 Å². The summed E-state index contributed by atoms with van der Waals surface area (Å²) in [6, 6.07) is 21.7. The highest BCUT2D eigenvalue weighted by molar-refractivity contribution is 5.82. The minimum atomic E-state index is -0.663. The van der Waals surface area contributed by atoms with Crippen molar-refractivity contribution in [1.29, 1.82) is 0 Å². The normalized spacial score (nSPS) is 15.7. The van der Waals surface area contributed by atoms with Crippen molar-refractivity contribution in [2.24, 2.45) is 0 Å². The summed E-state index contributed by atoms with van der Waals surface area (Å²) in [5.41, 5.74) is 10.3. The molecule has 1 fully saturated rings. The van der Waals surface area contributed by atoms with Gasteiger partial charge in [0.1, 0.15) is 11.4 Å². The second kappa shape index (κ2) is 14.7. The first-order chi connectivity index (χ1) is 22.5. The van der Waals surface area contributed by atoms with Crippen LogP contribution in [0.1, 0.15) is 63.6 Å². The van der Waals surface area contributed by atoms with Gasteiger partial charge in [0.2, 0.25) is 11.8 Å². The zero-order chi connectivity index (χ0) is 33.6. The van der Waals surface area contributed by atoms with Gasteiger partial charge in [-0.2, -0.15) is 0 Å². The van der Waals surface area contributed by atoms with Crippen molar-refractivity contribution in [3.05, 3.63) is 84.2 Å². The number of amides is 3. The molecule has 248 valence electrons. The number of piperidine rings is 1. The Labute approximate surface area is 276 Å². The summed E-state index contributed by atoms with van der Waals surface area (Å²) in [4.78, 5) is 45.0. The summed E-state index contributed by atoms with van der Waals surface area (Å²) in [7, 11) is 1.65. The van der Waals surface area contributed by atoms with Crippen LogP contribution < -0.4 is 16.4 Å². The molecule has 0 bridgehead atoms. The van der Waals surface area contributed by atoms with E-state index in [0.29, 0.717) is 38.3 Å². The number of aryl methyl sites for hydroxylation is 1. The Morgan fingerprint density at radius 3 is 2.49 bits per heavy atom. The number of fused-ring (bicyclic) bond motifs is 1. The minimum absolute atomic E-state index is 0.00499. The van der Waals surface area contributed by atoms with E-state index in [4.69, 9.17) is 10.5 Å². The Kier molecular flexibility index (Phi) is 10.5. The number of ether oxygens (including phenoxy) is 1. The molecule has 0 aliphatic carbocycles. The molecule has 0 radical (unpaired) electrons. The van der Waals surface area contributed by atoms with E-state index in [-0.39, 0.29) is 24.2 Å². The number of carbonyl (C=O) groups is 3. The number of benzene rings is 2. The molecule has 47 heavy (non-hydrogen) atoms. The highest BCUT2D eigenvalue weighted by Gasteiger charge is 2.30.